The minimum atomic E-state index is -0.577. The second-order valence-corrected chi connectivity index (χ2v) is 3.41. The predicted molar refractivity (Wildman–Crippen MR) is 63.8 cm³/mol. The van der Waals surface area contributed by atoms with Crippen LogP contribution in [0.5, 0.6) is 0 Å². The highest BCUT2D eigenvalue weighted by Gasteiger charge is 2.12. The Balaban J connectivity index is 2.12. The van der Waals surface area contributed by atoms with Gasteiger partial charge in [-0.3, -0.25) is 0 Å². The molecule has 2 rings (SSSR count). The van der Waals surface area contributed by atoms with E-state index in [1.165, 1.54) is 13.4 Å². The number of ether oxygens (including phenoxy) is 1. The van der Waals surface area contributed by atoms with Crippen molar-refractivity contribution in [3.05, 3.63) is 36.2 Å². The Hall–Kier alpha value is -2.57. The first-order valence-corrected chi connectivity index (χ1v) is 5.18. The summed E-state index contributed by atoms with van der Waals surface area (Å²) in [5.74, 6) is 0.434. The number of carbonyl (C=O) groups is 1. The Labute approximate surface area is 103 Å². The maximum Gasteiger partial charge on any atom is 0.358 e. The summed E-state index contributed by atoms with van der Waals surface area (Å²) < 4.78 is 9.64. The summed E-state index contributed by atoms with van der Waals surface area (Å²) in [7, 11) is 1.27. The van der Waals surface area contributed by atoms with E-state index in [1.54, 1.807) is 18.3 Å². The number of nitrogens with zero attached hydrogens (tertiary/aromatic N) is 2. The molecule has 0 atom stereocenters. The van der Waals surface area contributed by atoms with Crippen molar-refractivity contribution in [1.29, 1.82) is 0 Å². The van der Waals surface area contributed by atoms with Gasteiger partial charge in [-0.25, -0.2) is 14.8 Å². The molecule has 0 fully saturated rings. The number of oxazole rings is 1. The largest absolute Gasteiger partial charge is 0.464 e. The SMILES string of the molecule is COC(=O)c1nc(NCc2ncco2)ccc1N. The van der Waals surface area contributed by atoms with Crippen LogP contribution in [0.1, 0.15) is 16.4 Å². The standard InChI is InChI=1S/C11H12N4O3/c1-17-11(16)10-7(12)2-3-8(15-10)14-6-9-13-4-5-18-9/h2-5H,6,12H2,1H3,(H,14,15). The number of anilines is 2. The summed E-state index contributed by atoms with van der Waals surface area (Å²) in [6.07, 6.45) is 3.03. The lowest BCUT2D eigenvalue weighted by atomic mass is 10.3. The van der Waals surface area contributed by atoms with E-state index in [0.29, 0.717) is 18.3 Å². The first-order valence-electron chi connectivity index (χ1n) is 5.18. The van der Waals surface area contributed by atoms with Gasteiger partial charge in [0.05, 0.1) is 25.5 Å². The van der Waals surface area contributed by atoms with Crippen molar-refractivity contribution < 1.29 is 13.9 Å². The van der Waals surface area contributed by atoms with E-state index >= 15 is 0 Å². The first-order chi connectivity index (χ1) is 8.70. The van der Waals surface area contributed by atoms with Crippen molar-refractivity contribution in [2.45, 2.75) is 6.54 Å². The van der Waals surface area contributed by atoms with Gasteiger partial charge >= 0.3 is 5.97 Å². The molecule has 3 N–H and O–H groups in total. The molecule has 7 nitrogen and oxygen atoms in total. The van der Waals surface area contributed by atoms with Gasteiger partial charge in [0.25, 0.3) is 0 Å². The average molecular weight is 248 g/mol. The molecule has 0 radical (unpaired) electrons. The van der Waals surface area contributed by atoms with E-state index in [-0.39, 0.29) is 11.4 Å². The number of rotatable bonds is 4. The van der Waals surface area contributed by atoms with Crippen LogP contribution in [-0.2, 0) is 11.3 Å². The summed E-state index contributed by atoms with van der Waals surface area (Å²) in [5, 5.41) is 2.96. The van der Waals surface area contributed by atoms with E-state index in [2.05, 4.69) is 20.0 Å². The minimum absolute atomic E-state index is 0.0786. The number of esters is 1. The molecule has 0 spiro atoms. The van der Waals surface area contributed by atoms with Gasteiger partial charge < -0.3 is 20.2 Å². The molecule has 0 bridgehead atoms. The van der Waals surface area contributed by atoms with Gasteiger partial charge in [-0.15, -0.1) is 0 Å². The van der Waals surface area contributed by atoms with E-state index in [9.17, 15) is 4.79 Å². The zero-order valence-corrected chi connectivity index (χ0v) is 9.71. The van der Waals surface area contributed by atoms with Crippen LogP contribution in [0.2, 0.25) is 0 Å². The molecule has 2 aromatic heterocycles. The predicted octanol–water partition coefficient (Wildman–Crippen LogP) is 1.05. The number of carbonyl (C=O) groups excluding carboxylic acids is 1. The summed E-state index contributed by atoms with van der Waals surface area (Å²) in [5.41, 5.74) is 5.98. The maximum atomic E-state index is 11.4. The maximum absolute atomic E-state index is 11.4. The van der Waals surface area contributed by atoms with E-state index in [4.69, 9.17) is 10.2 Å². The number of methoxy groups -OCH3 is 1. The Morgan fingerprint density at radius 3 is 3.06 bits per heavy atom. The van der Waals surface area contributed by atoms with Gasteiger partial charge in [0.2, 0.25) is 5.89 Å². The summed E-state index contributed by atoms with van der Waals surface area (Å²) in [6, 6.07) is 3.24. The number of hydrogen-bond acceptors (Lipinski definition) is 7. The van der Waals surface area contributed by atoms with E-state index in [1.807, 2.05) is 0 Å². The fourth-order valence-electron chi connectivity index (χ4n) is 1.33. The third-order valence-electron chi connectivity index (χ3n) is 2.21. The summed E-state index contributed by atoms with van der Waals surface area (Å²) in [4.78, 5) is 19.4. The molecule has 0 aromatic carbocycles. The fraction of sp³-hybridized carbons (Fsp3) is 0.182. The van der Waals surface area contributed by atoms with E-state index in [0.717, 1.165) is 0 Å². The van der Waals surface area contributed by atoms with Crippen molar-refractivity contribution in [3.63, 3.8) is 0 Å². The van der Waals surface area contributed by atoms with Gasteiger partial charge in [0.1, 0.15) is 12.1 Å². The molecule has 0 saturated carbocycles. The number of nitrogens with one attached hydrogen (secondary N) is 1. The third-order valence-corrected chi connectivity index (χ3v) is 2.21. The van der Waals surface area contributed by atoms with Crippen molar-refractivity contribution in [2.75, 3.05) is 18.2 Å². The zero-order chi connectivity index (χ0) is 13.0. The van der Waals surface area contributed by atoms with Gasteiger partial charge in [-0.2, -0.15) is 0 Å². The average Bonchev–Trinajstić information content (AvgIpc) is 2.90. The van der Waals surface area contributed by atoms with Gasteiger partial charge in [-0.05, 0) is 12.1 Å². The number of nitrogens with two attached hydrogens (primary N) is 1. The molecular formula is C11H12N4O3. The van der Waals surface area contributed by atoms with Crippen molar-refractivity contribution in [3.8, 4) is 0 Å². The number of hydrogen-bond donors (Lipinski definition) is 2. The first kappa shape index (κ1) is 11.9. The second-order valence-electron chi connectivity index (χ2n) is 3.41. The van der Waals surface area contributed by atoms with Crippen LogP contribution in [-0.4, -0.2) is 23.0 Å². The quantitative estimate of drug-likeness (QED) is 0.779. The summed E-state index contributed by atoms with van der Waals surface area (Å²) >= 11 is 0. The third kappa shape index (κ3) is 2.57. The Morgan fingerprint density at radius 2 is 2.39 bits per heavy atom. The van der Waals surface area contributed by atoms with E-state index < -0.39 is 5.97 Å². The van der Waals surface area contributed by atoms with Crippen LogP contribution in [0.3, 0.4) is 0 Å². The zero-order valence-electron chi connectivity index (χ0n) is 9.71. The Kier molecular flexibility index (Phi) is 3.42. The molecular weight excluding hydrogens is 236 g/mol. The van der Waals surface area contributed by atoms with Crippen LogP contribution in [0, 0.1) is 0 Å². The molecule has 7 heteroatoms. The van der Waals surface area contributed by atoms with Crippen LogP contribution < -0.4 is 11.1 Å². The van der Waals surface area contributed by atoms with Gasteiger partial charge in [-0.1, -0.05) is 0 Å². The fourth-order valence-corrected chi connectivity index (χ4v) is 1.33. The highest BCUT2D eigenvalue weighted by atomic mass is 16.5. The lowest BCUT2D eigenvalue weighted by Crippen LogP contribution is -2.11. The Morgan fingerprint density at radius 1 is 1.56 bits per heavy atom. The molecule has 0 unspecified atom stereocenters. The number of pyridine rings is 1. The van der Waals surface area contributed by atoms with Crippen molar-refractivity contribution >= 4 is 17.5 Å². The number of nitrogen functional groups attached to an aromatic ring is 1. The highest BCUT2D eigenvalue weighted by Crippen LogP contribution is 2.14. The van der Waals surface area contributed by atoms with Gasteiger partial charge in [0.15, 0.2) is 5.69 Å². The minimum Gasteiger partial charge on any atom is -0.464 e. The molecule has 18 heavy (non-hydrogen) atoms. The smallest absolute Gasteiger partial charge is 0.358 e. The highest BCUT2D eigenvalue weighted by molar-refractivity contribution is 5.93. The topological polar surface area (TPSA) is 103 Å². The monoisotopic (exact) mass is 248 g/mol. The van der Waals surface area contributed by atoms with Crippen LogP contribution in [0.25, 0.3) is 0 Å². The molecule has 2 heterocycles. The normalized spacial score (nSPS) is 10.1. The molecule has 0 aliphatic carbocycles. The van der Waals surface area contributed by atoms with Crippen molar-refractivity contribution in [2.24, 2.45) is 0 Å². The molecule has 0 amide bonds. The van der Waals surface area contributed by atoms with Crippen LogP contribution in [0.15, 0.2) is 29.0 Å². The van der Waals surface area contributed by atoms with Crippen LogP contribution >= 0.6 is 0 Å². The lowest BCUT2D eigenvalue weighted by molar-refractivity contribution is 0.0595. The van der Waals surface area contributed by atoms with Crippen molar-refractivity contribution in [1.82, 2.24) is 9.97 Å². The molecule has 94 valence electrons. The summed E-state index contributed by atoms with van der Waals surface area (Å²) in [6.45, 7) is 0.366. The molecule has 0 aliphatic rings. The Bertz CT molecular complexity index is 539. The van der Waals surface area contributed by atoms with Gasteiger partial charge in [0, 0.05) is 0 Å². The lowest BCUT2D eigenvalue weighted by Gasteiger charge is -2.07. The van der Waals surface area contributed by atoms with Crippen LogP contribution in [0.4, 0.5) is 11.5 Å². The molecule has 0 saturated heterocycles. The number of aromatic nitrogens is 2. The molecule has 0 aliphatic heterocycles. The second kappa shape index (κ2) is 5.17. The molecule has 2 aromatic rings.